The Morgan fingerprint density at radius 1 is 1.40 bits per heavy atom. The van der Waals surface area contributed by atoms with Crippen molar-refractivity contribution in [3.8, 4) is 5.88 Å². The van der Waals surface area contributed by atoms with Crippen LogP contribution in [-0.2, 0) is 0 Å². The molecule has 3 heterocycles. The predicted molar refractivity (Wildman–Crippen MR) is 89.2 cm³/mol. The highest BCUT2D eigenvalue weighted by molar-refractivity contribution is 5.99. The molecule has 0 saturated heterocycles. The molecule has 2 N–H and O–H groups in total. The van der Waals surface area contributed by atoms with Crippen molar-refractivity contribution in [2.75, 3.05) is 19.5 Å². The first-order valence-electron chi connectivity index (χ1n) is 7.56. The van der Waals surface area contributed by atoms with Gasteiger partial charge in [0.1, 0.15) is 17.2 Å². The number of nitrogens with one attached hydrogen (secondary N) is 2. The Kier molecular flexibility index (Phi) is 4.46. The normalized spacial score (nSPS) is 12.0. The maximum atomic E-state index is 13.5. The second kappa shape index (κ2) is 6.71. The van der Waals surface area contributed by atoms with Gasteiger partial charge in [-0.1, -0.05) is 0 Å². The van der Waals surface area contributed by atoms with Gasteiger partial charge in [0.15, 0.2) is 5.65 Å². The number of hydrogen-bond donors (Lipinski definition) is 2. The maximum Gasteiger partial charge on any atom is 0.256 e. The number of fused-ring (bicyclic) bond motifs is 1. The molecule has 1 amide bonds. The van der Waals surface area contributed by atoms with Crippen molar-refractivity contribution >= 4 is 17.4 Å². The van der Waals surface area contributed by atoms with Crippen LogP contribution in [0.25, 0.3) is 5.65 Å². The summed E-state index contributed by atoms with van der Waals surface area (Å²) in [5.41, 5.74) is 1.34. The minimum atomic E-state index is -0.453. The van der Waals surface area contributed by atoms with Crippen molar-refractivity contribution in [2.45, 2.75) is 13.0 Å². The van der Waals surface area contributed by atoms with Gasteiger partial charge in [-0.2, -0.15) is 5.10 Å². The fraction of sp³-hybridized carbons (Fsp3) is 0.250. The molecule has 0 unspecified atom stereocenters. The third-order valence-corrected chi connectivity index (χ3v) is 3.71. The number of hydrogen-bond acceptors (Lipinski definition) is 6. The zero-order valence-electron chi connectivity index (χ0n) is 13.9. The highest BCUT2D eigenvalue weighted by Crippen LogP contribution is 2.26. The summed E-state index contributed by atoms with van der Waals surface area (Å²) in [4.78, 5) is 20.2. The summed E-state index contributed by atoms with van der Waals surface area (Å²) < 4.78 is 20.2. The van der Waals surface area contributed by atoms with E-state index in [-0.39, 0.29) is 11.9 Å². The van der Waals surface area contributed by atoms with Crippen molar-refractivity contribution in [1.82, 2.24) is 24.9 Å². The van der Waals surface area contributed by atoms with Gasteiger partial charge in [0.2, 0.25) is 5.88 Å². The monoisotopic (exact) mass is 344 g/mol. The van der Waals surface area contributed by atoms with E-state index in [1.54, 1.807) is 19.3 Å². The highest BCUT2D eigenvalue weighted by atomic mass is 19.1. The number of rotatable bonds is 5. The SMILES string of the molecule is CNC(=O)c1cnn2ccc(N[C@H](C)c3cc(F)cnc3OC)nc12. The lowest BCUT2D eigenvalue weighted by Gasteiger charge is -2.17. The van der Waals surface area contributed by atoms with Gasteiger partial charge in [-0.3, -0.25) is 4.79 Å². The molecule has 0 aliphatic rings. The van der Waals surface area contributed by atoms with E-state index in [4.69, 9.17) is 4.74 Å². The first-order chi connectivity index (χ1) is 12.0. The van der Waals surface area contributed by atoms with Gasteiger partial charge >= 0.3 is 0 Å². The van der Waals surface area contributed by atoms with Crippen LogP contribution in [0.2, 0.25) is 0 Å². The van der Waals surface area contributed by atoms with E-state index in [1.165, 1.54) is 23.9 Å². The molecule has 130 valence electrons. The van der Waals surface area contributed by atoms with Gasteiger partial charge in [-0.25, -0.2) is 18.9 Å². The maximum absolute atomic E-state index is 13.5. The lowest BCUT2D eigenvalue weighted by molar-refractivity contribution is 0.0964. The lowest BCUT2D eigenvalue weighted by Crippen LogP contribution is -2.18. The first kappa shape index (κ1) is 16.6. The molecule has 0 radical (unpaired) electrons. The summed E-state index contributed by atoms with van der Waals surface area (Å²) in [6.45, 7) is 1.83. The number of carbonyl (C=O) groups is 1. The topological polar surface area (TPSA) is 93.4 Å². The molecule has 0 spiro atoms. The van der Waals surface area contributed by atoms with Gasteiger partial charge in [0.05, 0.1) is 25.5 Å². The van der Waals surface area contributed by atoms with Crippen LogP contribution in [0.15, 0.2) is 30.7 Å². The minimum Gasteiger partial charge on any atom is -0.481 e. The number of ether oxygens (including phenoxy) is 1. The second-order valence-corrected chi connectivity index (χ2v) is 5.34. The minimum absolute atomic E-state index is 0.274. The van der Waals surface area contributed by atoms with Crippen molar-refractivity contribution < 1.29 is 13.9 Å². The number of pyridine rings is 1. The molecule has 9 heteroatoms. The number of amides is 1. The molecular weight excluding hydrogens is 327 g/mol. The van der Waals surface area contributed by atoms with Crippen molar-refractivity contribution in [1.29, 1.82) is 0 Å². The Bertz CT molecular complexity index is 926. The van der Waals surface area contributed by atoms with Gasteiger partial charge in [0, 0.05) is 18.8 Å². The number of carbonyl (C=O) groups excluding carboxylic acids is 1. The molecule has 8 nitrogen and oxygen atoms in total. The highest BCUT2D eigenvalue weighted by Gasteiger charge is 2.16. The standard InChI is InChI=1S/C16H17FN6O2/c1-9(11-6-10(17)7-19-16(11)25-3)21-13-4-5-23-14(22-13)12(8-20-23)15(24)18-2/h4-9H,1-3H3,(H,18,24)(H,21,22)/t9-/m1/s1. The molecule has 3 aromatic rings. The van der Waals surface area contributed by atoms with Crippen LogP contribution in [0.1, 0.15) is 28.9 Å². The Morgan fingerprint density at radius 2 is 2.20 bits per heavy atom. The fourth-order valence-corrected chi connectivity index (χ4v) is 2.47. The predicted octanol–water partition coefficient (Wildman–Crippen LogP) is 1.80. The molecule has 0 fully saturated rings. The molecule has 0 saturated carbocycles. The molecule has 0 aliphatic heterocycles. The van der Waals surface area contributed by atoms with E-state index in [1.807, 2.05) is 6.92 Å². The van der Waals surface area contributed by atoms with E-state index < -0.39 is 5.82 Å². The van der Waals surface area contributed by atoms with Crippen molar-refractivity contribution in [3.05, 3.63) is 47.7 Å². The molecular formula is C16H17FN6O2. The first-order valence-corrected chi connectivity index (χ1v) is 7.56. The summed E-state index contributed by atoms with van der Waals surface area (Å²) in [5, 5.41) is 9.79. The zero-order valence-corrected chi connectivity index (χ0v) is 13.9. The van der Waals surface area contributed by atoms with Crippen LogP contribution in [-0.4, -0.2) is 39.6 Å². The Balaban J connectivity index is 1.92. The third-order valence-electron chi connectivity index (χ3n) is 3.71. The molecule has 3 rings (SSSR count). The van der Waals surface area contributed by atoms with Crippen LogP contribution < -0.4 is 15.4 Å². The van der Waals surface area contributed by atoms with Gasteiger partial charge in [-0.05, 0) is 19.1 Å². The fourth-order valence-electron chi connectivity index (χ4n) is 2.47. The average Bonchev–Trinajstić information content (AvgIpc) is 3.04. The number of nitrogens with zero attached hydrogens (tertiary/aromatic N) is 4. The lowest BCUT2D eigenvalue weighted by atomic mass is 10.1. The smallest absolute Gasteiger partial charge is 0.256 e. The Morgan fingerprint density at radius 3 is 2.92 bits per heavy atom. The largest absolute Gasteiger partial charge is 0.481 e. The van der Waals surface area contributed by atoms with E-state index in [0.717, 1.165) is 6.20 Å². The average molecular weight is 344 g/mol. The Hall–Kier alpha value is -3.23. The third kappa shape index (κ3) is 3.21. The van der Waals surface area contributed by atoms with E-state index in [0.29, 0.717) is 28.5 Å². The number of aromatic nitrogens is 4. The van der Waals surface area contributed by atoms with Crippen LogP contribution >= 0.6 is 0 Å². The van der Waals surface area contributed by atoms with Gasteiger partial charge in [0.25, 0.3) is 5.91 Å². The summed E-state index contributed by atoms with van der Waals surface area (Å²) >= 11 is 0. The molecule has 0 aliphatic carbocycles. The van der Waals surface area contributed by atoms with Crippen LogP contribution in [0.3, 0.4) is 0 Å². The molecule has 0 aromatic carbocycles. The van der Waals surface area contributed by atoms with Crippen LogP contribution in [0.5, 0.6) is 5.88 Å². The summed E-state index contributed by atoms with van der Waals surface area (Å²) in [6.07, 6.45) is 4.24. The number of methoxy groups -OCH3 is 1. The van der Waals surface area contributed by atoms with Crippen LogP contribution in [0, 0.1) is 5.82 Å². The van der Waals surface area contributed by atoms with Crippen LogP contribution in [0.4, 0.5) is 10.2 Å². The van der Waals surface area contributed by atoms with Crippen molar-refractivity contribution in [2.24, 2.45) is 0 Å². The molecule has 3 aromatic heterocycles. The quantitative estimate of drug-likeness (QED) is 0.733. The summed E-state index contributed by atoms with van der Waals surface area (Å²) in [6, 6.07) is 2.75. The van der Waals surface area contributed by atoms with E-state index >= 15 is 0 Å². The molecule has 25 heavy (non-hydrogen) atoms. The zero-order chi connectivity index (χ0) is 18.0. The number of halogens is 1. The van der Waals surface area contributed by atoms with E-state index in [2.05, 4.69) is 25.7 Å². The Labute approximate surface area is 143 Å². The van der Waals surface area contributed by atoms with Gasteiger partial charge < -0.3 is 15.4 Å². The number of anilines is 1. The van der Waals surface area contributed by atoms with Gasteiger partial charge in [-0.15, -0.1) is 0 Å². The summed E-state index contributed by atoms with van der Waals surface area (Å²) in [7, 11) is 3.02. The van der Waals surface area contributed by atoms with E-state index in [9.17, 15) is 9.18 Å². The van der Waals surface area contributed by atoms with Crippen molar-refractivity contribution in [3.63, 3.8) is 0 Å². The second-order valence-electron chi connectivity index (χ2n) is 5.34. The molecule has 0 bridgehead atoms. The molecule has 1 atom stereocenters. The summed E-state index contributed by atoms with van der Waals surface area (Å²) in [5.74, 6) is 0.115.